The molecule has 0 saturated carbocycles. The molecule has 5 aromatic rings. The van der Waals surface area contributed by atoms with Crippen molar-refractivity contribution in [3.05, 3.63) is 105 Å². The molecule has 9 nitrogen and oxygen atoms in total. The number of aromatic nitrogens is 4. The predicted molar refractivity (Wildman–Crippen MR) is 165 cm³/mol. The Morgan fingerprint density at radius 2 is 1.93 bits per heavy atom. The number of thiophene rings is 1. The lowest BCUT2D eigenvalue weighted by molar-refractivity contribution is 0.0776. The first-order valence-corrected chi connectivity index (χ1v) is 16.0. The highest BCUT2D eigenvalue weighted by atomic mass is 32.1. The molecule has 0 spiro atoms. The van der Waals surface area contributed by atoms with Gasteiger partial charge in [-0.3, -0.25) is 19.6 Å². The van der Waals surface area contributed by atoms with Gasteiger partial charge in [0, 0.05) is 35.8 Å². The predicted octanol–water partition coefficient (Wildman–Crippen LogP) is 6.20. The van der Waals surface area contributed by atoms with Crippen LogP contribution in [0.2, 0.25) is 0 Å². The quantitative estimate of drug-likeness (QED) is 0.231. The summed E-state index contributed by atoms with van der Waals surface area (Å²) in [6, 6.07) is 13.9. The lowest BCUT2D eigenvalue weighted by atomic mass is 9.93. The van der Waals surface area contributed by atoms with E-state index in [0.29, 0.717) is 46.8 Å². The van der Waals surface area contributed by atoms with E-state index in [1.807, 2.05) is 29.2 Å². The van der Waals surface area contributed by atoms with Crippen molar-refractivity contribution in [3.63, 3.8) is 0 Å². The molecule has 2 amide bonds. The summed E-state index contributed by atoms with van der Waals surface area (Å²) in [5.74, 6) is 0.154. The maximum Gasteiger partial charge on any atom is 0.261 e. The maximum absolute atomic E-state index is 14.0. The van der Waals surface area contributed by atoms with Crippen molar-refractivity contribution >= 4 is 23.2 Å². The molecule has 3 aliphatic rings. The third-order valence-electron chi connectivity index (χ3n) is 9.00. The molecule has 1 aliphatic carbocycles. The average Bonchev–Trinajstić information content (AvgIpc) is 3.88. The summed E-state index contributed by atoms with van der Waals surface area (Å²) in [4.78, 5) is 40.3. The Morgan fingerprint density at radius 3 is 2.76 bits per heavy atom. The third kappa shape index (κ3) is 4.82. The van der Waals surface area contributed by atoms with Gasteiger partial charge in [-0.25, -0.2) is 4.39 Å². The van der Waals surface area contributed by atoms with Crippen LogP contribution in [0.25, 0.3) is 21.9 Å². The van der Waals surface area contributed by atoms with Crippen LogP contribution < -0.4 is 5.32 Å². The zero-order valence-electron chi connectivity index (χ0n) is 24.5. The Labute approximate surface area is 262 Å². The number of fused-ring (bicyclic) bond motifs is 4. The number of halogens is 1. The van der Waals surface area contributed by atoms with E-state index in [2.05, 4.69) is 20.5 Å². The van der Waals surface area contributed by atoms with Crippen molar-refractivity contribution in [3.8, 4) is 21.9 Å². The van der Waals surface area contributed by atoms with Crippen molar-refractivity contribution in [2.75, 3.05) is 6.54 Å². The summed E-state index contributed by atoms with van der Waals surface area (Å²) in [6.07, 6.45) is 6.29. The number of hydrogen-bond acceptors (Lipinski definition) is 8. The lowest BCUT2D eigenvalue weighted by Gasteiger charge is -2.16. The minimum atomic E-state index is -0.287. The second-order valence-electron chi connectivity index (χ2n) is 11.7. The van der Waals surface area contributed by atoms with Gasteiger partial charge in [-0.05, 0) is 80.0 Å². The molecular formula is C34H29FN6O3S. The minimum absolute atomic E-state index is 0.0629. The molecule has 226 valence electrons. The molecule has 6 heterocycles. The molecule has 1 saturated heterocycles. The number of nitrogens with zero attached hydrogens (tertiary/aromatic N) is 5. The molecule has 4 aromatic heterocycles. The van der Waals surface area contributed by atoms with Gasteiger partial charge in [0.15, 0.2) is 0 Å². The number of amides is 2. The first-order chi connectivity index (χ1) is 21.9. The van der Waals surface area contributed by atoms with E-state index in [-0.39, 0.29) is 35.6 Å². The highest BCUT2D eigenvalue weighted by Crippen LogP contribution is 2.49. The highest BCUT2D eigenvalue weighted by Gasteiger charge is 2.45. The fourth-order valence-corrected chi connectivity index (χ4v) is 7.87. The number of nitrogens with one attached hydrogen (secondary N) is 1. The van der Waals surface area contributed by atoms with E-state index < -0.39 is 0 Å². The fraction of sp³-hybridized carbons (Fsp3) is 0.294. The molecule has 45 heavy (non-hydrogen) atoms. The van der Waals surface area contributed by atoms with Crippen LogP contribution in [0, 0.1) is 12.7 Å². The Bertz CT molecular complexity index is 1970. The second-order valence-corrected chi connectivity index (χ2v) is 12.8. The molecule has 0 bridgehead atoms. The van der Waals surface area contributed by atoms with Crippen LogP contribution in [-0.4, -0.2) is 43.4 Å². The lowest BCUT2D eigenvalue weighted by Crippen LogP contribution is -2.26. The number of benzene rings is 1. The Morgan fingerprint density at radius 1 is 1.07 bits per heavy atom. The van der Waals surface area contributed by atoms with Crippen molar-refractivity contribution in [1.82, 2.24) is 30.4 Å². The van der Waals surface area contributed by atoms with Crippen LogP contribution in [0.1, 0.15) is 85.5 Å². The van der Waals surface area contributed by atoms with E-state index >= 15 is 0 Å². The van der Waals surface area contributed by atoms with Gasteiger partial charge in [0.2, 0.25) is 11.8 Å². The highest BCUT2D eigenvalue weighted by molar-refractivity contribution is 7.17. The zero-order valence-corrected chi connectivity index (χ0v) is 25.4. The Hall–Kier alpha value is -4.77. The largest absolute Gasteiger partial charge is 0.421 e. The summed E-state index contributed by atoms with van der Waals surface area (Å²) in [5, 5.41) is 11.7. The molecule has 2 atom stereocenters. The Kier molecular flexibility index (Phi) is 6.78. The molecule has 8 rings (SSSR count). The number of carbonyl (C=O) groups excluding carboxylic acids is 2. The molecular weight excluding hydrogens is 591 g/mol. The molecule has 2 aliphatic heterocycles. The number of aryl methyl sites for hydroxylation is 4. The van der Waals surface area contributed by atoms with Crippen LogP contribution in [-0.2, 0) is 19.3 Å². The van der Waals surface area contributed by atoms with Crippen LogP contribution in [0.4, 0.5) is 4.39 Å². The summed E-state index contributed by atoms with van der Waals surface area (Å²) >= 11 is 1.34. The van der Waals surface area contributed by atoms with Gasteiger partial charge < -0.3 is 14.6 Å². The zero-order chi connectivity index (χ0) is 30.7. The monoisotopic (exact) mass is 620 g/mol. The van der Waals surface area contributed by atoms with E-state index in [4.69, 9.17) is 9.40 Å². The van der Waals surface area contributed by atoms with Gasteiger partial charge in [0.05, 0.1) is 39.5 Å². The van der Waals surface area contributed by atoms with Crippen molar-refractivity contribution in [1.29, 1.82) is 0 Å². The molecule has 1 aromatic carbocycles. The molecule has 11 heteroatoms. The van der Waals surface area contributed by atoms with Gasteiger partial charge in [0.25, 0.3) is 11.8 Å². The minimum Gasteiger partial charge on any atom is -0.421 e. The summed E-state index contributed by atoms with van der Waals surface area (Å²) in [5.41, 5.74) is 6.36. The fourth-order valence-electron chi connectivity index (χ4n) is 6.91. The standard InChI is InChI=1S/C34H29FN6O3S/c1-18-39-40-33(44-18)28-24(11-8-19-6-9-20(35)10-7-19)37-31-25-5-3-17-41(25)34(43)30(31)29(28)26-14-15-27(45-26)32(42)38-23-13-12-22-21(23)4-2-16-36-22/h2,4,6-7,9-10,14-16,23,25H,3,5,8,11-13,17H2,1H3,(H,38,42)/t23-,25+/m1/s1. The normalized spacial score (nSPS) is 18.3. The van der Waals surface area contributed by atoms with Gasteiger partial charge in [-0.1, -0.05) is 18.2 Å². The van der Waals surface area contributed by atoms with E-state index in [0.717, 1.165) is 58.8 Å². The third-order valence-corrected chi connectivity index (χ3v) is 10.1. The van der Waals surface area contributed by atoms with E-state index in [1.54, 1.807) is 25.3 Å². The molecule has 0 unspecified atom stereocenters. The average molecular weight is 621 g/mol. The number of pyridine rings is 2. The topological polar surface area (TPSA) is 114 Å². The van der Waals surface area contributed by atoms with E-state index in [9.17, 15) is 14.0 Å². The first-order valence-electron chi connectivity index (χ1n) is 15.2. The van der Waals surface area contributed by atoms with Crippen molar-refractivity contribution < 1.29 is 18.4 Å². The summed E-state index contributed by atoms with van der Waals surface area (Å²) in [6.45, 7) is 2.40. The smallest absolute Gasteiger partial charge is 0.261 e. The van der Waals surface area contributed by atoms with Crippen LogP contribution in [0.3, 0.4) is 0 Å². The maximum atomic E-state index is 14.0. The second kappa shape index (κ2) is 11.0. The van der Waals surface area contributed by atoms with Gasteiger partial charge in [-0.2, -0.15) is 0 Å². The van der Waals surface area contributed by atoms with Crippen LogP contribution in [0.15, 0.2) is 59.1 Å². The molecule has 1 fully saturated rings. The van der Waals surface area contributed by atoms with Crippen LogP contribution in [0.5, 0.6) is 0 Å². The molecule has 0 radical (unpaired) electrons. The van der Waals surface area contributed by atoms with Gasteiger partial charge in [0.1, 0.15) is 5.82 Å². The Balaban J connectivity index is 1.23. The van der Waals surface area contributed by atoms with E-state index in [1.165, 1.54) is 23.5 Å². The summed E-state index contributed by atoms with van der Waals surface area (Å²) in [7, 11) is 0. The van der Waals surface area contributed by atoms with Crippen molar-refractivity contribution in [2.24, 2.45) is 0 Å². The van der Waals surface area contributed by atoms with Crippen LogP contribution >= 0.6 is 11.3 Å². The number of carbonyl (C=O) groups is 2. The number of rotatable bonds is 7. The van der Waals surface area contributed by atoms with Crippen molar-refractivity contribution in [2.45, 2.75) is 57.5 Å². The van der Waals surface area contributed by atoms with Gasteiger partial charge >= 0.3 is 0 Å². The first kappa shape index (κ1) is 27.8. The number of hydrogen-bond donors (Lipinski definition) is 1. The molecule has 1 N–H and O–H groups in total. The van der Waals surface area contributed by atoms with Gasteiger partial charge in [-0.15, -0.1) is 21.5 Å². The SMILES string of the molecule is Cc1nnc(-c2c(CCc3ccc(F)cc3)nc3c(c2-c2ccc(C(=O)N[C@@H]4CCc5ncccc54)s2)C(=O)N2CCC[C@@H]32)o1. The summed E-state index contributed by atoms with van der Waals surface area (Å²) < 4.78 is 19.6.